The SMILES string of the molecule is CCCCCCC/C=C\C/C=C\C/C=C\CCCCCCCCC(=O)OC(COCCCCCCCCCCCC/C=C\CCCCCCCC)COP(=O)(O)OCCN. The van der Waals surface area contributed by atoms with Gasteiger partial charge in [-0.2, -0.15) is 0 Å². The van der Waals surface area contributed by atoms with E-state index >= 15 is 0 Å². The van der Waals surface area contributed by atoms with Gasteiger partial charge in [-0.25, -0.2) is 4.57 Å². The number of allylic oxidation sites excluding steroid dienone is 8. The van der Waals surface area contributed by atoms with Gasteiger partial charge in [0.1, 0.15) is 6.10 Å². The summed E-state index contributed by atoms with van der Waals surface area (Å²) in [6.45, 7) is 4.91. The topological polar surface area (TPSA) is 117 Å². The van der Waals surface area contributed by atoms with Crippen LogP contribution in [0.1, 0.15) is 232 Å². The van der Waals surface area contributed by atoms with Gasteiger partial charge in [-0.1, -0.05) is 197 Å². The van der Waals surface area contributed by atoms with Gasteiger partial charge in [0, 0.05) is 19.6 Å². The minimum Gasteiger partial charge on any atom is -0.457 e. The monoisotopic (exact) mass is 866 g/mol. The van der Waals surface area contributed by atoms with Gasteiger partial charge >= 0.3 is 13.8 Å². The Kier molecular flexibility index (Phi) is 47.2. The van der Waals surface area contributed by atoms with Crippen LogP contribution < -0.4 is 5.73 Å². The average Bonchev–Trinajstić information content (AvgIpc) is 3.24. The van der Waals surface area contributed by atoms with Crippen molar-refractivity contribution in [1.29, 1.82) is 0 Å². The summed E-state index contributed by atoms with van der Waals surface area (Å²) in [5, 5.41) is 0. The van der Waals surface area contributed by atoms with Crippen molar-refractivity contribution < 1.29 is 32.8 Å². The number of nitrogens with two attached hydrogens (primary N) is 1. The number of hydrogen-bond acceptors (Lipinski definition) is 7. The number of ether oxygens (including phenoxy) is 2. The Balaban J connectivity index is 3.99. The summed E-state index contributed by atoms with van der Waals surface area (Å²) in [6, 6.07) is 0. The predicted octanol–water partition coefficient (Wildman–Crippen LogP) is 15.5. The van der Waals surface area contributed by atoms with E-state index in [1.54, 1.807) is 0 Å². The molecule has 0 spiro atoms. The van der Waals surface area contributed by atoms with Crippen LogP contribution >= 0.6 is 7.82 Å². The molecule has 0 aliphatic rings. The molecule has 0 aliphatic carbocycles. The molecule has 0 aromatic rings. The van der Waals surface area contributed by atoms with Crippen LogP contribution in [0.5, 0.6) is 0 Å². The summed E-state index contributed by atoms with van der Waals surface area (Å²) in [5.41, 5.74) is 5.39. The minimum atomic E-state index is -4.29. The number of rotatable bonds is 48. The number of esters is 1. The van der Waals surface area contributed by atoms with Crippen molar-refractivity contribution in [3.63, 3.8) is 0 Å². The zero-order valence-corrected chi connectivity index (χ0v) is 40.1. The number of phosphoric acid groups is 1. The van der Waals surface area contributed by atoms with Gasteiger partial charge in [0.15, 0.2) is 0 Å². The quantitative estimate of drug-likeness (QED) is 0.0269. The van der Waals surface area contributed by atoms with E-state index in [0.29, 0.717) is 13.0 Å². The second kappa shape index (κ2) is 48.5. The first-order valence-corrected chi connectivity index (χ1v) is 26.6. The molecule has 0 rings (SSSR count). The lowest BCUT2D eigenvalue weighted by molar-refractivity contribution is -0.154. The van der Waals surface area contributed by atoms with E-state index in [1.807, 2.05) is 0 Å². The van der Waals surface area contributed by atoms with Gasteiger partial charge in [-0.15, -0.1) is 0 Å². The number of carbonyl (C=O) groups excluding carboxylic acids is 1. The Hall–Kier alpha value is -1.54. The van der Waals surface area contributed by atoms with Crippen LogP contribution in [0.15, 0.2) is 48.6 Å². The fourth-order valence-electron chi connectivity index (χ4n) is 7.00. The van der Waals surface area contributed by atoms with Crippen LogP contribution in [0.25, 0.3) is 0 Å². The Morgan fingerprint density at radius 2 is 0.883 bits per heavy atom. The standard InChI is InChI=1S/C51H96NO7P/c1-3-5-7-9-11-13-15-17-19-21-23-25-26-28-30-32-34-36-38-40-42-44-51(53)59-50(49-58-60(54,55)57-47-45-52)48-56-46-43-41-39-37-35-33-31-29-27-24-22-20-18-16-14-12-10-8-6-4-2/h15,17-18,20-21,23,26,28,50H,3-14,16,19,22,24-25,27,29-49,52H2,1-2H3,(H,54,55)/b17-15-,20-18-,23-21-,28-26-. The van der Waals surface area contributed by atoms with Crippen LogP contribution in [0.4, 0.5) is 0 Å². The fraction of sp³-hybridized carbons (Fsp3) is 0.824. The Morgan fingerprint density at radius 1 is 0.500 bits per heavy atom. The molecule has 2 atom stereocenters. The second-order valence-corrected chi connectivity index (χ2v) is 18.1. The van der Waals surface area contributed by atoms with Crippen LogP contribution in [-0.4, -0.2) is 49.9 Å². The van der Waals surface area contributed by atoms with Crippen molar-refractivity contribution in [2.24, 2.45) is 5.73 Å². The molecule has 0 saturated heterocycles. The first-order chi connectivity index (χ1) is 29.4. The van der Waals surface area contributed by atoms with Crippen molar-refractivity contribution >= 4 is 13.8 Å². The second-order valence-electron chi connectivity index (χ2n) is 16.7. The van der Waals surface area contributed by atoms with E-state index in [2.05, 4.69) is 62.5 Å². The molecule has 0 bridgehead atoms. The molecule has 0 aromatic carbocycles. The molecule has 2 unspecified atom stereocenters. The first kappa shape index (κ1) is 58.5. The number of hydrogen-bond donors (Lipinski definition) is 2. The van der Waals surface area contributed by atoms with Gasteiger partial charge in [-0.05, 0) is 77.0 Å². The molecule has 0 aromatic heterocycles. The first-order valence-electron chi connectivity index (χ1n) is 25.1. The van der Waals surface area contributed by atoms with Crippen LogP contribution in [0.3, 0.4) is 0 Å². The molecule has 0 saturated carbocycles. The fourth-order valence-corrected chi connectivity index (χ4v) is 7.76. The van der Waals surface area contributed by atoms with Crippen molar-refractivity contribution in [2.75, 3.05) is 33.0 Å². The predicted molar refractivity (Wildman–Crippen MR) is 256 cm³/mol. The van der Waals surface area contributed by atoms with Crippen LogP contribution in [0.2, 0.25) is 0 Å². The van der Waals surface area contributed by atoms with Gasteiger partial charge in [-0.3, -0.25) is 13.8 Å². The zero-order valence-electron chi connectivity index (χ0n) is 39.2. The van der Waals surface area contributed by atoms with Crippen molar-refractivity contribution in [3.05, 3.63) is 48.6 Å². The summed E-state index contributed by atoms with van der Waals surface area (Å²) in [5.74, 6) is -0.341. The van der Waals surface area contributed by atoms with E-state index in [1.165, 1.54) is 154 Å². The van der Waals surface area contributed by atoms with E-state index in [0.717, 1.165) is 57.8 Å². The van der Waals surface area contributed by atoms with E-state index < -0.39 is 13.9 Å². The van der Waals surface area contributed by atoms with E-state index in [-0.39, 0.29) is 32.3 Å². The number of unbranched alkanes of at least 4 members (excludes halogenated alkanes) is 27. The molecule has 60 heavy (non-hydrogen) atoms. The van der Waals surface area contributed by atoms with E-state index in [9.17, 15) is 14.3 Å². The molecular formula is C51H96NO7P. The van der Waals surface area contributed by atoms with Crippen LogP contribution in [0, 0.1) is 0 Å². The maximum absolute atomic E-state index is 12.6. The highest BCUT2D eigenvalue weighted by Gasteiger charge is 2.25. The number of carbonyl (C=O) groups is 1. The van der Waals surface area contributed by atoms with Crippen molar-refractivity contribution in [3.8, 4) is 0 Å². The summed E-state index contributed by atoms with van der Waals surface area (Å²) in [4.78, 5) is 22.6. The van der Waals surface area contributed by atoms with Gasteiger partial charge in [0.2, 0.25) is 0 Å². The van der Waals surface area contributed by atoms with Crippen LogP contribution in [-0.2, 0) is 27.9 Å². The van der Waals surface area contributed by atoms with Crippen molar-refractivity contribution in [2.45, 2.75) is 238 Å². The van der Waals surface area contributed by atoms with Gasteiger partial charge in [0.05, 0.1) is 19.8 Å². The lowest BCUT2D eigenvalue weighted by atomic mass is 10.1. The maximum Gasteiger partial charge on any atom is 0.472 e. The molecule has 0 radical (unpaired) electrons. The Labute approximate surface area is 371 Å². The zero-order chi connectivity index (χ0) is 43.7. The van der Waals surface area contributed by atoms with Gasteiger partial charge in [0.25, 0.3) is 0 Å². The molecule has 0 amide bonds. The third-order valence-electron chi connectivity index (χ3n) is 10.7. The smallest absolute Gasteiger partial charge is 0.457 e. The minimum absolute atomic E-state index is 0.0968. The summed E-state index contributed by atoms with van der Waals surface area (Å²) < 4.78 is 33.6. The molecule has 0 fully saturated rings. The lowest BCUT2D eigenvalue weighted by Gasteiger charge is -2.20. The van der Waals surface area contributed by atoms with E-state index in [4.69, 9.17) is 24.3 Å². The van der Waals surface area contributed by atoms with Gasteiger partial charge < -0.3 is 20.1 Å². The third-order valence-corrected chi connectivity index (χ3v) is 11.7. The molecule has 9 heteroatoms. The summed E-state index contributed by atoms with van der Waals surface area (Å²) >= 11 is 0. The Bertz CT molecular complexity index is 1060. The molecule has 352 valence electrons. The molecule has 3 N–H and O–H groups in total. The summed E-state index contributed by atoms with van der Waals surface area (Å²) in [7, 11) is -4.29. The molecule has 0 aliphatic heterocycles. The molecule has 0 heterocycles. The molecular weight excluding hydrogens is 770 g/mol. The van der Waals surface area contributed by atoms with Crippen molar-refractivity contribution in [1.82, 2.24) is 0 Å². The average molecular weight is 866 g/mol. The lowest BCUT2D eigenvalue weighted by Crippen LogP contribution is -2.28. The normalized spacial score (nSPS) is 13.7. The Morgan fingerprint density at radius 3 is 1.33 bits per heavy atom. The summed E-state index contributed by atoms with van der Waals surface area (Å²) in [6.07, 6.45) is 58.5. The highest BCUT2D eigenvalue weighted by atomic mass is 31.2. The highest BCUT2D eigenvalue weighted by Crippen LogP contribution is 2.43. The molecule has 8 nitrogen and oxygen atoms in total. The third kappa shape index (κ3) is 47.5. The number of phosphoric ester groups is 1. The largest absolute Gasteiger partial charge is 0.472 e. The maximum atomic E-state index is 12.6. The highest BCUT2D eigenvalue weighted by molar-refractivity contribution is 7.47.